The molecule has 3 aromatic carbocycles. The number of nitro benzene ring substituents is 1. The van der Waals surface area contributed by atoms with Crippen molar-refractivity contribution in [1.29, 1.82) is 5.26 Å². The van der Waals surface area contributed by atoms with Gasteiger partial charge in [-0.2, -0.15) is 5.26 Å². The second kappa shape index (κ2) is 5.99. The summed E-state index contributed by atoms with van der Waals surface area (Å²) in [6.07, 6.45) is -0.860. The number of aliphatic hydroxyl groups is 1. The number of nitrogens with zero attached hydrogens (tertiary/aromatic N) is 2. The molecule has 126 valence electrons. The second-order valence-corrected chi connectivity index (χ2v) is 5.83. The molecule has 3 aromatic rings. The number of rotatable bonds is 3. The SMILES string of the molecule is N#Cc1c(Oc2cccc3c2C(O)c2ccccc2-3)cccc1[N+](=O)[O-]. The summed E-state index contributed by atoms with van der Waals surface area (Å²) >= 11 is 0. The summed E-state index contributed by atoms with van der Waals surface area (Å²) in [6.45, 7) is 0. The first kappa shape index (κ1) is 15.8. The van der Waals surface area contributed by atoms with Crippen LogP contribution < -0.4 is 4.74 Å². The molecule has 6 nitrogen and oxygen atoms in total. The van der Waals surface area contributed by atoms with E-state index in [-0.39, 0.29) is 17.0 Å². The standard InChI is InChI=1S/C20H12N2O4/c21-11-15-16(22(24)25)8-4-9-17(15)26-18-10-3-7-13-12-5-1-2-6-14(12)20(23)19(13)18/h1-10,20,23H. The van der Waals surface area contributed by atoms with Crippen molar-refractivity contribution in [2.45, 2.75) is 6.10 Å². The lowest BCUT2D eigenvalue weighted by Gasteiger charge is -2.14. The van der Waals surface area contributed by atoms with Crippen LogP contribution in [0.5, 0.6) is 11.5 Å². The van der Waals surface area contributed by atoms with Gasteiger partial charge in [0.1, 0.15) is 17.9 Å². The number of benzene rings is 3. The maximum Gasteiger partial charge on any atom is 0.290 e. The first-order valence-corrected chi connectivity index (χ1v) is 7.87. The van der Waals surface area contributed by atoms with Crippen molar-refractivity contribution in [1.82, 2.24) is 0 Å². The third-order valence-corrected chi connectivity index (χ3v) is 4.42. The predicted molar refractivity (Wildman–Crippen MR) is 93.8 cm³/mol. The monoisotopic (exact) mass is 344 g/mol. The smallest absolute Gasteiger partial charge is 0.290 e. The molecule has 1 unspecified atom stereocenters. The number of hydrogen-bond donors (Lipinski definition) is 1. The fourth-order valence-corrected chi connectivity index (χ4v) is 3.27. The first-order chi connectivity index (χ1) is 12.6. The summed E-state index contributed by atoms with van der Waals surface area (Å²) in [7, 11) is 0. The molecule has 0 amide bonds. The highest BCUT2D eigenvalue weighted by Crippen LogP contribution is 2.48. The third kappa shape index (κ3) is 2.31. The van der Waals surface area contributed by atoms with Gasteiger partial charge in [-0.1, -0.05) is 42.5 Å². The minimum atomic E-state index is -0.860. The number of fused-ring (bicyclic) bond motifs is 3. The van der Waals surface area contributed by atoms with E-state index in [0.29, 0.717) is 11.3 Å². The summed E-state index contributed by atoms with van der Waals surface area (Å²) in [5, 5.41) is 31.2. The zero-order valence-electron chi connectivity index (χ0n) is 13.4. The molecule has 1 aliphatic carbocycles. The third-order valence-electron chi connectivity index (χ3n) is 4.42. The molecule has 0 bridgehead atoms. The molecule has 1 aliphatic rings. The van der Waals surface area contributed by atoms with Gasteiger partial charge in [0.2, 0.25) is 0 Å². The molecule has 0 aliphatic heterocycles. The van der Waals surface area contributed by atoms with E-state index in [0.717, 1.165) is 16.7 Å². The van der Waals surface area contributed by atoms with Crippen LogP contribution in [-0.2, 0) is 0 Å². The average Bonchev–Trinajstić information content (AvgIpc) is 2.95. The molecule has 0 spiro atoms. The lowest BCUT2D eigenvalue weighted by atomic mass is 10.1. The van der Waals surface area contributed by atoms with Crippen molar-refractivity contribution in [3.05, 3.63) is 87.5 Å². The number of nitro groups is 1. The van der Waals surface area contributed by atoms with Crippen LogP contribution in [0.3, 0.4) is 0 Å². The number of ether oxygens (including phenoxy) is 1. The Morgan fingerprint density at radius 3 is 2.46 bits per heavy atom. The van der Waals surface area contributed by atoms with Gasteiger partial charge in [-0.15, -0.1) is 0 Å². The van der Waals surface area contributed by atoms with Gasteiger partial charge in [0.25, 0.3) is 5.69 Å². The predicted octanol–water partition coefficient (Wildman–Crippen LogP) is 4.32. The minimum Gasteiger partial charge on any atom is -0.455 e. The highest BCUT2D eigenvalue weighted by molar-refractivity contribution is 5.80. The maximum absolute atomic E-state index is 11.1. The molecule has 4 rings (SSSR count). The zero-order valence-corrected chi connectivity index (χ0v) is 13.4. The van der Waals surface area contributed by atoms with Crippen LogP contribution in [0.2, 0.25) is 0 Å². The molecule has 1 N–H and O–H groups in total. The molecule has 0 aromatic heterocycles. The van der Waals surface area contributed by atoms with Crippen LogP contribution in [0.25, 0.3) is 11.1 Å². The quantitative estimate of drug-likeness (QED) is 0.564. The van der Waals surface area contributed by atoms with Crippen molar-refractivity contribution in [3.63, 3.8) is 0 Å². The van der Waals surface area contributed by atoms with E-state index in [2.05, 4.69) is 0 Å². The summed E-state index contributed by atoms with van der Waals surface area (Å²) in [5.41, 5.74) is 2.65. The van der Waals surface area contributed by atoms with E-state index < -0.39 is 11.0 Å². The molecule has 0 heterocycles. The topological polar surface area (TPSA) is 96.4 Å². The van der Waals surface area contributed by atoms with Crippen LogP contribution in [0.1, 0.15) is 22.8 Å². The van der Waals surface area contributed by atoms with Crippen molar-refractivity contribution in [2.75, 3.05) is 0 Å². The average molecular weight is 344 g/mol. The van der Waals surface area contributed by atoms with Gasteiger partial charge in [-0.3, -0.25) is 10.1 Å². The lowest BCUT2D eigenvalue weighted by Crippen LogP contribution is -1.99. The molecule has 26 heavy (non-hydrogen) atoms. The van der Waals surface area contributed by atoms with Crippen LogP contribution >= 0.6 is 0 Å². The molecule has 0 radical (unpaired) electrons. The fraction of sp³-hybridized carbons (Fsp3) is 0.0500. The van der Waals surface area contributed by atoms with Gasteiger partial charge in [-0.05, 0) is 28.8 Å². The molecular weight excluding hydrogens is 332 g/mol. The van der Waals surface area contributed by atoms with Gasteiger partial charge in [-0.25, -0.2) is 0 Å². The summed E-state index contributed by atoms with van der Waals surface area (Å²) in [4.78, 5) is 10.5. The Bertz CT molecular complexity index is 1090. The van der Waals surface area contributed by atoms with Crippen molar-refractivity contribution in [3.8, 4) is 28.7 Å². The van der Waals surface area contributed by atoms with Gasteiger partial charge < -0.3 is 9.84 Å². The van der Waals surface area contributed by atoms with E-state index >= 15 is 0 Å². The Morgan fingerprint density at radius 2 is 1.69 bits per heavy atom. The number of aliphatic hydroxyl groups excluding tert-OH is 1. The summed E-state index contributed by atoms with van der Waals surface area (Å²) in [5.74, 6) is 0.446. The molecule has 0 saturated heterocycles. The minimum absolute atomic E-state index is 0.0817. The highest BCUT2D eigenvalue weighted by Gasteiger charge is 2.30. The van der Waals surface area contributed by atoms with Crippen molar-refractivity contribution < 1.29 is 14.8 Å². The van der Waals surface area contributed by atoms with E-state index in [1.807, 2.05) is 36.4 Å². The van der Waals surface area contributed by atoms with Crippen LogP contribution in [0, 0.1) is 21.4 Å². The highest BCUT2D eigenvalue weighted by atomic mass is 16.6. The fourth-order valence-electron chi connectivity index (χ4n) is 3.27. The van der Waals surface area contributed by atoms with Crippen LogP contribution in [0.4, 0.5) is 5.69 Å². The largest absolute Gasteiger partial charge is 0.455 e. The number of nitriles is 1. The molecular formula is C20H12N2O4. The van der Waals surface area contributed by atoms with E-state index in [4.69, 9.17) is 4.74 Å². The van der Waals surface area contributed by atoms with Gasteiger partial charge in [0, 0.05) is 11.6 Å². The lowest BCUT2D eigenvalue weighted by molar-refractivity contribution is -0.385. The zero-order chi connectivity index (χ0) is 18.3. The molecule has 1 atom stereocenters. The van der Waals surface area contributed by atoms with Gasteiger partial charge in [0.15, 0.2) is 11.3 Å². The Labute approximate surface area is 148 Å². The Balaban J connectivity index is 1.83. The number of hydrogen-bond acceptors (Lipinski definition) is 5. The first-order valence-electron chi connectivity index (χ1n) is 7.87. The van der Waals surface area contributed by atoms with Crippen molar-refractivity contribution >= 4 is 5.69 Å². The molecule has 0 saturated carbocycles. The van der Waals surface area contributed by atoms with Gasteiger partial charge in [0.05, 0.1) is 4.92 Å². The van der Waals surface area contributed by atoms with Crippen LogP contribution in [-0.4, -0.2) is 10.0 Å². The molecule has 6 heteroatoms. The Morgan fingerprint density at radius 1 is 1.00 bits per heavy atom. The second-order valence-electron chi connectivity index (χ2n) is 5.83. The van der Waals surface area contributed by atoms with Crippen LogP contribution in [0.15, 0.2) is 60.7 Å². The Hall–Kier alpha value is -3.69. The van der Waals surface area contributed by atoms with E-state index in [1.165, 1.54) is 18.2 Å². The van der Waals surface area contributed by atoms with Gasteiger partial charge >= 0.3 is 0 Å². The van der Waals surface area contributed by atoms with E-state index in [1.54, 1.807) is 12.1 Å². The maximum atomic E-state index is 11.1. The normalized spacial score (nSPS) is 14.2. The Kier molecular flexibility index (Phi) is 3.64. The summed E-state index contributed by atoms with van der Waals surface area (Å²) in [6, 6.07) is 18.9. The van der Waals surface area contributed by atoms with E-state index in [9.17, 15) is 20.5 Å². The summed E-state index contributed by atoms with van der Waals surface area (Å²) < 4.78 is 5.85. The van der Waals surface area contributed by atoms with Crippen molar-refractivity contribution in [2.24, 2.45) is 0 Å². The molecule has 0 fully saturated rings.